The molecular weight excluding hydrogens is 318 g/mol. The summed E-state index contributed by atoms with van der Waals surface area (Å²) >= 11 is 0. The van der Waals surface area contributed by atoms with Crippen molar-refractivity contribution in [3.63, 3.8) is 0 Å². The molecule has 0 saturated heterocycles. The van der Waals surface area contributed by atoms with E-state index in [0.29, 0.717) is 25.7 Å². The number of aliphatic imine (C=N–C) groups is 1. The van der Waals surface area contributed by atoms with Gasteiger partial charge in [-0.25, -0.2) is 4.99 Å². The minimum absolute atomic E-state index is 0.128. The van der Waals surface area contributed by atoms with Crippen molar-refractivity contribution < 1.29 is 14.2 Å². The van der Waals surface area contributed by atoms with Crippen LogP contribution in [0.1, 0.15) is 5.56 Å². The van der Waals surface area contributed by atoms with E-state index >= 15 is 0 Å². The number of nitrogens with two attached hydrogens (primary N) is 1. The van der Waals surface area contributed by atoms with Crippen LogP contribution in [0.5, 0.6) is 17.2 Å². The maximum Gasteiger partial charge on any atom is 0.188 e. The molecular formula is C19H23N3O3. The molecule has 0 aliphatic carbocycles. The first kappa shape index (κ1) is 17.0. The normalized spacial score (nSPS) is 16.4. The van der Waals surface area contributed by atoms with Gasteiger partial charge in [-0.2, -0.15) is 0 Å². The van der Waals surface area contributed by atoms with E-state index in [1.807, 2.05) is 48.5 Å². The Hall–Kier alpha value is -2.89. The van der Waals surface area contributed by atoms with Gasteiger partial charge in [-0.05, 0) is 36.2 Å². The van der Waals surface area contributed by atoms with Crippen LogP contribution >= 0.6 is 0 Å². The zero-order valence-electron chi connectivity index (χ0n) is 14.3. The molecule has 1 aliphatic heterocycles. The Morgan fingerprint density at radius 3 is 2.72 bits per heavy atom. The van der Waals surface area contributed by atoms with Crippen LogP contribution in [-0.4, -0.2) is 38.9 Å². The first-order chi connectivity index (χ1) is 12.2. The average molecular weight is 341 g/mol. The van der Waals surface area contributed by atoms with E-state index in [1.165, 1.54) is 5.56 Å². The van der Waals surface area contributed by atoms with Crippen LogP contribution < -0.4 is 25.3 Å². The molecule has 3 rings (SSSR count). The highest BCUT2D eigenvalue weighted by Crippen LogP contribution is 2.30. The number of ether oxygens (including phenoxy) is 3. The van der Waals surface area contributed by atoms with E-state index in [9.17, 15) is 0 Å². The zero-order chi connectivity index (χ0) is 17.5. The molecule has 1 heterocycles. The topological polar surface area (TPSA) is 78.1 Å². The summed E-state index contributed by atoms with van der Waals surface area (Å²) in [6.45, 7) is 1.64. The summed E-state index contributed by atoms with van der Waals surface area (Å²) in [6, 6.07) is 15.6. The standard InChI is InChI=1S/C19H23N3O3/c1-23-15-8-6-14(7-9-15)10-11-21-19(20)22-12-16-13-24-17-4-2-3-5-18(17)25-16/h2-9,16H,10-13H2,1H3,(H3,20,21,22). The summed E-state index contributed by atoms with van der Waals surface area (Å²) in [6.07, 6.45) is 0.730. The highest BCUT2D eigenvalue weighted by atomic mass is 16.6. The fraction of sp³-hybridized carbons (Fsp3) is 0.316. The number of nitrogens with one attached hydrogen (secondary N) is 1. The summed E-state index contributed by atoms with van der Waals surface area (Å²) in [5, 5.41) is 3.12. The Bertz CT molecular complexity index is 716. The molecule has 1 aliphatic rings. The zero-order valence-corrected chi connectivity index (χ0v) is 14.3. The lowest BCUT2D eigenvalue weighted by Crippen LogP contribution is -2.36. The Kier molecular flexibility index (Phi) is 5.61. The Balaban J connectivity index is 1.41. The number of fused-ring (bicyclic) bond motifs is 1. The van der Waals surface area contributed by atoms with Crippen molar-refractivity contribution in [2.45, 2.75) is 12.5 Å². The van der Waals surface area contributed by atoms with E-state index in [2.05, 4.69) is 10.3 Å². The predicted molar refractivity (Wildman–Crippen MR) is 97.5 cm³/mol. The Labute approximate surface area is 147 Å². The second-order valence-electron chi connectivity index (χ2n) is 5.75. The van der Waals surface area contributed by atoms with Gasteiger partial charge in [0.2, 0.25) is 0 Å². The van der Waals surface area contributed by atoms with Crippen LogP contribution in [0.2, 0.25) is 0 Å². The second kappa shape index (κ2) is 8.28. The van der Waals surface area contributed by atoms with Crippen molar-refractivity contribution in [3.05, 3.63) is 54.1 Å². The van der Waals surface area contributed by atoms with Crippen LogP contribution in [0.3, 0.4) is 0 Å². The largest absolute Gasteiger partial charge is 0.497 e. The van der Waals surface area contributed by atoms with Gasteiger partial charge in [-0.1, -0.05) is 24.3 Å². The van der Waals surface area contributed by atoms with Gasteiger partial charge in [0.05, 0.1) is 13.7 Å². The first-order valence-corrected chi connectivity index (χ1v) is 8.30. The molecule has 0 amide bonds. The molecule has 2 aromatic rings. The molecule has 1 atom stereocenters. The Morgan fingerprint density at radius 1 is 1.20 bits per heavy atom. The van der Waals surface area contributed by atoms with Gasteiger partial charge in [0.25, 0.3) is 0 Å². The first-order valence-electron chi connectivity index (χ1n) is 8.30. The molecule has 0 bridgehead atoms. The van der Waals surface area contributed by atoms with Crippen LogP contribution in [0.4, 0.5) is 0 Å². The van der Waals surface area contributed by atoms with E-state index < -0.39 is 0 Å². The number of hydrogen-bond donors (Lipinski definition) is 2. The summed E-state index contributed by atoms with van der Waals surface area (Å²) < 4.78 is 16.7. The third-order valence-corrected chi connectivity index (χ3v) is 3.91. The maximum atomic E-state index is 5.92. The molecule has 0 fully saturated rings. The van der Waals surface area contributed by atoms with Gasteiger partial charge in [0, 0.05) is 6.54 Å². The van der Waals surface area contributed by atoms with Crippen LogP contribution in [0.25, 0.3) is 0 Å². The highest BCUT2D eigenvalue weighted by molar-refractivity contribution is 5.77. The maximum absolute atomic E-state index is 5.92. The molecule has 3 N–H and O–H groups in total. The predicted octanol–water partition coefficient (Wildman–Crippen LogP) is 1.98. The molecule has 0 saturated carbocycles. The minimum Gasteiger partial charge on any atom is -0.497 e. The minimum atomic E-state index is -0.128. The van der Waals surface area contributed by atoms with E-state index in [-0.39, 0.29) is 6.10 Å². The molecule has 2 aromatic carbocycles. The summed E-state index contributed by atoms with van der Waals surface area (Å²) in [5.74, 6) is 2.79. The molecule has 6 nitrogen and oxygen atoms in total. The molecule has 132 valence electrons. The third-order valence-electron chi connectivity index (χ3n) is 3.91. The van der Waals surface area contributed by atoms with E-state index in [0.717, 1.165) is 23.7 Å². The lowest BCUT2D eigenvalue weighted by molar-refractivity contribution is 0.0972. The molecule has 1 unspecified atom stereocenters. The lowest BCUT2D eigenvalue weighted by Gasteiger charge is -2.25. The number of benzene rings is 2. The number of para-hydroxylation sites is 2. The smallest absolute Gasteiger partial charge is 0.188 e. The summed E-state index contributed by atoms with van der Waals surface area (Å²) in [5.41, 5.74) is 7.13. The van der Waals surface area contributed by atoms with Crippen molar-refractivity contribution in [1.82, 2.24) is 5.32 Å². The van der Waals surface area contributed by atoms with E-state index in [1.54, 1.807) is 7.11 Å². The van der Waals surface area contributed by atoms with Crippen molar-refractivity contribution in [2.75, 3.05) is 26.8 Å². The van der Waals surface area contributed by atoms with Crippen molar-refractivity contribution >= 4 is 5.96 Å². The SMILES string of the molecule is COc1ccc(CCNC(N)=NCC2COc3ccccc3O2)cc1. The van der Waals surface area contributed by atoms with Crippen molar-refractivity contribution in [2.24, 2.45) is 10.7 Å². The van der Waals surface area contributed by atoms with Crippen LogP contribution in [0.15, 0.2) is 53.5 Å². The molecule has 0 spiro atoms. The number of rotatable bonds is 6. The van der Waals surface area contributed by atoms with E-state index in [4.69, 9.17) is 19.9 Å². The van der Waals surface area contributed by atoms with Crippen LogP contribution in [-0.2, 0) is 6.42 Å². The average Bonchev–Trinajstić information content (AvgIpc) is 2.67. The molecule has 6 heteroatoms. The Morgan fingerprint density at radius 2 is 1.96 bits per heavy atom. The third kappa shape index (κ3) is 4.79. The van der Waals surface area contributed by atoms with Crippen molar-refractivity contribution in [1.29, 1.82) is 0 Å². The van der Waals surface area contributed by atoms with Gasteiger partial charge in [-0.15, -0.1) is 0 Å². The van der Waals surface area contributed by atoms with Gasteiger partial charge >= 0.3 is 0 Å². The second-order valence-corrected chi connectivity index (χ2v) is 5.75. The number of hydrogen-bond acceptors (Lipinski definition) is 4. The number of guanidine groups is 1. The molecule has 0 radical (unpaired) electrons. The summed E-state index contributed by atoms with van der Waals surface area (Å²) in [7, 11) is 1.66. The lowest BCUT2D eigenvalue weighted by atomic mass is 10.1. The molecule has 25 heavy (non-hydrogen) atoms. The highest BCUT2D eigenvalue weighted by Gasteiger charge is 2.20. The monoisotopic (exact) mass is 341 g/mol. The van der Waals surface area contributed by atoms with Gasteiger partial charge in [-0.3, -0.25) is 0 Å². The summed E-state index contributed by atoms with van der Waals surface area (Å²) in [4.78, 5) is 4.34. The van der Waals surface area contributed by atoms with Gasteiger partial charge in [0.15, 0.2) is 23.6 Å². The number of nitrogens with zero attached hydrogens (tertiary/aromatic N) is 1. The fourth-order valence-corrected chi connectivity index (χ4v) is 2.54. The quantitative estimate of drug-likeness (QED) is 0.620. The number of methoxy groups -OCH3 is 1. The van der Waals surface area contributed by atoms with Crippen LogP contribution in [0, 0.1) is 0 Å². The van der Waals surface area contributed by atoms with Gasteiger partial charge in [0.1, 0.15) is 12.4 Å². The fourth-order valence-electron chi connectivity index (χ4n) is 2.54. The van der Waals surface area contributed by atoms with Gasteiger partial charge < -0.3 is 25.3 Å². The van der Waals surface area contributed by atoms with Crippen molar-refractivity contribution in [3.8, 4) is 17.2 Å². The molecule has 0 aromatic heterocycles.